The van der Waals surface area contributed by atoms with Gasteiger partial charge in [0.1, 0.15) is 11.4 Å². The average molecular weight is 290 g/mol. The molecule has 0 aliphatic heterocycles. The molecule has 0 aliphatic rings. The van der Waals surface area contributed by atoms with Crippen molar-refractivity contribution in [2.24, 2.45) is 0 Å². The summed E-state index contributed by atoms with van der Waals surface area (Å²) in [6.45, 7) is 6.19. The van der Waals surface area contributed by atoms with E-state index in [1.807, 2.05) is 36.4 Å². The summed E-state index contributed by atoms with van der Waals surface area (Å²) in [5.74, 6) is 0.936. The van der Waals surface area contributed by atoms with Crippen LogP contribution in [0.25, 0.3) is 11.1 Å². The largest absolute Gasteiger partial charge is 0.488 e. The van der Waals surface area contributed by atoms with Crippen molar-refractivity contribution in [3.05, 3.63) is 54.6 Å². The van der Waals surface area contributed by atoms with E-state index in [0.29, 0.717) is 0 Å². The number of para-hydroxylation sites is 1. The van der Waals surface area contributed by atoms with Gasteiger partial charge < -0.3 is 4.74 Å². The summed E-state index contributed by atoms with van der Waals surface area (Å²) < 4.78 is 5.99. The summed E-state index contributed by atoms with van der Waals surface area (Å²) in [7, 11) is 2.44. The smallest absolute Gasteiger partial charge is 0.174 e. The molecule has 99 valence electrons. The van der Waals surface area contributed by atoms with Gasteiger partial charge in [-0.3, -0.25) is 0 Å². The van der Waals surface area contributed by atoms with Gasteiger partial charge in [-0.1, -0.05) is 48.5 Å². The monoisotopic (exact) mass is 289 g/mol. The molecular weight excluding hydrogens is 272 g/mol. The highest BCUT2D eigenvalue weighted by Crippen LogP contribution is 2.31. The SMILES string of the molecule is CC(C)(C)Oc1ccccc1-c1ccccc1.[Si]Cl. The summed E-state index contributed by atoms with van der Waals surface area (Å²) in [4.78, 5) is 0. The quantitative estimate of drug-likeness (QED) is 0.568. The third kappa shape index (κ3) is 5.09. The molecule has 2 aromatic rings. The first-order valence-corrected chi connectivity index (χ1v) is 7.60. The zero-order valence-electron chi connectivity index (χ0n) is 11.5. The Bertz CT molecular complexity index is 492. The van der Waals surface area contributed by atoms with Gasteiger partial charge in [-0.25, -0.2) is 0 Å². The van der Waals surface area contributed by atoms with Crippen molar-refractivity contribution in [2.75, 3.05) is 0 Å². The fourth-order valence-electron chi connectivity index (χ4n) is 1.74. The fraction of sp³-hybridized carbons (Fsp3) is 0.250. The molecule has 2 rings (SSSR count). The Hall–Kier alpha value is -1.25. The van der Waals surface area contributed by atoms with E-state index in [1.165, 1.54) is 5.56 Å². The summed E-state index contributed by atoms with van der Waals surface area (Å²) in [5, 5.41) is 0. The molecule has 0 bridgehead atoms. The van der Waals surface area contributed by atoms with Crippen molar-refractivity contribution in [1.29, 1.82) is 0 Å². The lowest BCUT2D eigenvalue weighted by Gasteiger charge is -2.23. The molecule has 3 heteroatoms. The van der Waals surface area contributed by atoms with Crippen molar-refractivity contribution in [3.63, 3.8) is 0 Å². The highest BCUT2D eigenvalue weighted by atomic mass is 35.6. The van der Waals surface area contributed by atoms with Gasteiger partial charge in [-0.05, 0) is 32.4 Å². The minimum absolute atomic E-state index is 0.176. The van der Waals surface area contributed by atoms with Gasteiger partial charge in [0.05, 0.1) is 0 Å². The van der Waals surface area contributed by atoms with E-state index < -0.39 is 0 Å². The molecule has 0 unspecified atom stereocenters. The van der Waals surface area contributed by atoms with E-state index in [-0.39, 0.29) is 5.60 Å². The van der Waals surface area contributed by atoms with Crippen LogP contribution in [0.1, 0.15) is 20.8 Å². The molecule has 0 N–H and O–H groups in total. The Kier molecular flexibility index (Phi) is 6.12. The van der Waals surface area contributed by atoms with E-state index >= 15 is 0 Å². The topological polar surface area (TPSA) is 9.23 Å². The normalized spacial score (nSPS) is 10.4. The fourth-order valence-corrected chi connectivity index (χ4v) is 1.74. The predicted octanol–water partition coefficient (Wildman–Crippen LogP) is 4.84. The molecule has 0 fully saturated rings. The van der Waals surface area contributed by atoms with Crippen molar-refractivity contribution in [2.45, 2.75) is 26.4 Å². The van der Waals surface area contributed by atoms with Gasteiger partial charge in [0.2, 0.25) is 0 Å². The van der Waals surface area contributed by atoms with E-state index in [0.717, 1.165) is 11.3 Å². The minimum Gasteiger partial charge on any atom is -0.488 e. The van der Waals surface area contributed by atoms with Crippen LogP contribution in [-0.2, 0) is 0 Å². The number of hydrogen-bond donors (Lipinski definition) is 0. The first kappa shape index (κ1) is 15.8. The van der Waals surface area contributed by atoms with Crippen LogP contribution in [0, 0.1) is 0 Å². The Morgan fingerprint density at radius 3 is 1.95 bits per heavy atom. The molecule has 0 amide bonds. The lowest BCUT2D eigenvalue weighted by molar-refractivity contribution is 0.132. The van der Waals surface area contributed by atoms with Crippen LogP contribution in [0.2, 0.25) is 0 Å². The van der Waals surface area contributed by atoms with Crippen molar-refractivity contribution < 1.29 is 4.74 Å². The highest BCUT2D eigenvalue weighted by molar-refractivity contribution is 6.80. The van der Waals surface area contributed by atoms with Crippen molar-refractivity contribution in [1.82, 2.24) is 0 Å². The summed E-state index contributed by atoms with van der Waals surface area (Å²) in [6.07, 6.45) is 0. The van der Waals surface area contributed by atoms with Gasteiger partial charge >= 0.3 is 0 Å². The molecule has 0 saturated carbocycles. The van der Waals surface area contributed by atoms with Crippen LogP contribution in [0.15, 0.2) is 54.6 Å². The maximum absolute atomic E-state index is 5.99. The molecule has 3 radical (unpaired) electrons. The maximum atomic E-state index is 5.99. The number of rotatable bonds is 2. The molecular formula is C16H18ClOSi. The predicted molar refractivity (Wildman–Crippen MR) is 83.9 cm³/mol. The minimum atomic E-state index is -0.176. The van der Waals surface area contributed by atoms with Gasteiger partial charge in [0.25, 0.3) is 0 Å². The number of benzene rings is 2. The molecule has 0 aliphatic carbocycles. The molecule has 1 nitrogen and oxygen atoms in total. The third-order valence-corrected chi connectivity index (χ3v) is 2.39. The second-order valence-electron chi connectivity index (χ2n) is 5.08. The van der Waals surface area contributed by atoms with Crippen LogP contribution in [-0.4, -0.2) is 15.2 Å². The van der Waals surface area contributed by atoms with Crippen LogP contribution in [0.3, 0.4) is 0 Å². The van der Waals surface area contributed by atoms with Crippen LogP contribution in [0.5, 0.6) is 5.75 Å². The Morgan fingerprint density at radius 2 is 1.37 bits per heavy atom. The Morgan fingerprint density at radius 1 is 0.842 bits per heavy atom. The number of ether oxygens (including phenoxy) is 1. The summed E-state index contributed by atoms with van der Waals surface area (Å²) in [5.41, 5.74) is 2.15. The van der Waals surface area contributed by atoms with E-state index in [1.54, 1.807) is 0 Å². The zero-order chi connectivity index (χ0) is 14.3. The highest BCUT2D eigenvalue weighted by Gasteiger charge is 2.14. The van der Waals surface area contributed by atoms with Crippen LogP contribution >= 0.6 is 11.1 Å². The number of hydrogen-bond acceptors (Lipinski definition) is 1. The Balaban J connectivity index is 0.000000861. The van der Waals surface area contributed by atoms with Crippen molar-refractivity contribution >= 4 is 20.6 Å². The zero-order valence-corrected chi connectivity index (χ0v) is 13.2. The van der Waals surface area contributed by atoms with Crippen molar-refractivity contribution in [3.8, 4) is 16.9 Å². The average Bonchev–Trinajstić information content (AvgIpc) is 2.41. The van der Waals surface area contributed by atoms with E-state index in [4.69, 9.17) is 4.74 Å². The lowest BCUT2D eigenvalue weighted by Crippen LogP contribution is -2.23. The first-order valence-electron chi connectivity index (χ1n) is 6.09. The van der Waals surface area contributed by atoms with Gasteiger partial charge in [-0.2, -0.15) is 11.1 Å². The van der Waals surface area contributed by atoms with Gasteiger partial charge in [0.15, 0.2) is 9.55 Å². The molecule has 0 spiro atoms. The van der Waals surface area contributed by atoms with Crippen LogP contribution < -0.4 is 4.74 Å². The van der Waals surface area contributed by atoms with Gasteiger partial charge in [-0.15, -0.1) is 0 Å². The summed E-state index contributed by atoms with van der Waals surface area (Å²) >= 11 is 4.44. The summed E-state index contributed by atoms with van der Waals surface area (Å²) in [6, 6.07) is 18.5. The second-order valence-corrected chi connectivity index (χ2v) is 5.08. The molecule has 19 heavy (non-hydrogen) atoms. The van der Waals surface area contributed by atoms with E-state index in [9.17, 15) is 0 Å². The third-order valence-electron chi connectivity index (χ3n) is 2.39. The van der Waals surface area contributed by atoms with E-state index in [2.05, 4.69) is 59.6 Å². The Labute approximate surface area is 123 Å². The molecule has 0 aromatic heterocycles. The lowest BCUT2D eigenvalue weighted by atomic mass is 10.0. The first-order chi connectivity index (χ1) is 9.06. The standard InChI is InChI=1S/C16H18O.ClSi/c1-16(2,3)17-15-12-8-7-11-14(15)13-9-5-4-6-10-13;1-2/h4-12H,1-3H3;. The second kappa shape index (κ2) is 7.36. The molecule has 0 heterocycles. The molecule has 0 atom stereocenters. The van der Waals surface area contributed by atoms with Gasteiger partial charge in [0, 0.05) is 5.56 Å². The molecule has 0 saturated heterocycles. The maximum Gasteiger partial charge on any atom is 0.174 e. The van der Waals surface area contributed by atoms with Crippen LogP contribution in [0.4, 0.5) is 0 Å². The molecule has 2 aromatic carbocycles. The number of halogens is 1.